The van der Waals surface area contributed by atoms with Gasteiger partial charge in [-0.15, -0.1) is 11.8 Å². The molecule has 4 N–H and O–H groups in total. The molecule has 1 saturated heterocycles. The average Bonchev–Trinajstić information content (AvgIpc) is 3.16. The predicted octanol–water partition coefficient (Wildman–Crippen LogP) is 3.36. The van der Waals surface area contributed by atoms with Crippen molar-refractivity contribution in [3.8, 4) is 0 Å². The number of aliphatic hydroxyl groups excluding tert-OH is 1. The molecule has 0 saturated carbocycles. The summed E-state index contributed by atoms with van der Waals surface area (Å²) in [6.45, 7) is 11.7. The van der Waals surface area contributed by atoms with Gasteiger partial charge in [-0.2, -0.15) is 0 Å². The Bertz CT molecular complexity index is 1130. The Morgan fingerprint density at radius 1 is 1.08 bits per heavy atom. The second-order valence-electron chi connectivity index (χ2n) is 11.3. The first-order chi connectivity index (χ1) is 17.8. The zero-order valence-corrected chi connectivity index (χ0v) is 23.9. The van der Waals surface area contributed by atoms with E-state index >= 15 is 0 Å². The molecular formula is C29H40N4O4S. The number of hydrogen-bond donors (Lipinski definition) is 4. The highest BCUT2D eigenvalue weighted by Crippen LogP contribution is 2.40. The number of nitrogens with one attached hydrogen (secondary N) is 3. The molecule has 206 valence electrons. The van der Waals surface area contributed by atoms with E-state index in [-0.39, 0.29) is 18.2 Å². The highest BCUT2D eigenvalue weighted by Gasteiger charge is 2.49. The molecule has 3 rings (SSSR count). The zero-order chi connectivity index (χ0) is 28.1. The third kappa shape index (κ3) is 7.74. The summed E-state index contributed by atoms with van der Waals surface area (Å²) in [5.74, 6) is -0.602. The van der Waals surface area contributed by atoms with Gasteiger partial charge in [0.2, 0.25) is 5.91 Å². The van der Waals surface area contributed by atoms with Crippen LogP contribution in [0, 0.1) is 6.92 Å². The molecule has 2 aromatic rings. The van der Waals surface area contributed by atoms with Crippen LogP contribution >= 0.6 is 11.8 Å². The van der Waals surface area contributed by atoms with Gasteiger partial charge in [0.1, 0.15) is 6.04 Å². The zero-order valence-electron chi connectivity index (χ0n) is 23.1. The summed E-state index contributed by atoms with van der Waals surface area (Å²) < 4.78 is -0.558. The summed E-state index contributed by atoms with van der Waals surface area (Å²) >= 11 is 1.49. The monoisotopic (exact) mass is 540 g/mol. The fraction of sp³-hybridized carbons (Fsp3) is 0.483. The number of nitrogens with zero attached hydrogens (tertiary/aromatic N) is 1. The van der Waals surface area contributed by atoms with E-state index in [0.717, 1.165) is 16.7 Å². The van der Waals surface area contributed by atoms with Crippen LogP contribution in [-0.2, 0) is 22.6 Å². The number of hydrogen-bond acceptors (Lipinski definition) is 5. The molecule has 2 aromatic carbocycles. The number of carbonyl (C=O) groups excluding carboxylic acids is 3. The molecule has 8 nitrogen and oxygen atoms in total. The fourth-order valence-electron chi connectivity index (χ4n) is 4.50. The molecule has 1 heterocycles. The van der Waals surface area contributed by atoms with Crippen LogP contribution in [0.15, 0.2) is 54.6 Å². The topological polar surface area (TPSA) is 111 Å². The van der Waals surface area contributed by atoms with E-state index in [2.05, 4.69) is 16.0 Å². The molecule has 0 radical (unpaired) electrons. The second kappa shape index (κ2) is 12.2. The van der Waals surface area contributed by atoms with Crippen molar-refractivity contribution in [2.75, 3.05) is 5.88 Å². The molecule has 1 aliphatic heterocycles. The molecule has 0 aromatic heterocycles. The van der Waals surface area contributed by atoms with Gasteiger partial charge in [0.25, 0.3) is 5.91 Å². The van der Waals surface area contributed by atoms with Gasteiger partial charge in [0.15, 0.2) is 6.10 Å². The van der Waals surface area contributed by atoms with Crippen LogP contribution in [-0.4, -0.2) is 62.2 Å². The maximum absolute atomic E-state index is 13.7. The van der Waals surface area contributed by atoms with E-state index in [4.69, 9.17) is 0 Å². The highest BCUT2D eigenvalue weighted by atomic mass is 32.2. The van der Waals surface area contributed by atoms with Crippen molar-refractivity contribution in [1.82, 2.24) is 20.9 Å². The van der Waals surface area contributed by atoms with Gasteiger partial charge in [0.05, 0.1) is 11.9 Å². The number of aliphatic hydroxyl groups is 1. The van der Waals surface area contributed by atoms with E-state index in [1.165, 1.54) is 16.7 Å². The Labute approximate surface area is 229 Å². The summed E-state index contributed by atoms with van der Waals surface area (Å²) in [6.07, 6.45) is -1.29. The van der Waals surface area contributed by atoms with Gasteiger partial charge in [-0.1, -0.05) is 54.6 Å². The molecule has 0 aliphatic carbocycles. The largest absolute Gasteiger partial charge is 0.381 e. The lowest BCUT2D eigenvalue weighted by Gasteiger charge is -2.33. The van der Waals surface area contributed by atoms with Crippen molar-refractivity contribution in [2.45, 2.75) is 83.0 Å². The molecule has 0 bridgehead atoms. The summed E-state index contributed by atoms with van der Waals surface area (Å²) in [6, 6.07) is 15.0. The number of amides is 4. The molecule has 4 amide bonds. The van der Waals surface area contributed by atoms with Crippen LogP contribution in [0.2, 0.25) is 0 Å². The Morgan fingerprint density at radius 2 is 1.71 bits per heavy atom. The number of carbonyl (C=O) groups is 3. The maximum atomic E-state index is 13.7. The molecular weight excluding hydrogens is 500 g/mol. The van der Waals surface area contributed by atoms with E-state index < -0.39 is 40.4 Å². The average molecular weight is 541 g/mol. The number of thioether (sulfide) groups is 1. The first kappa shape index (κ1) is 29.5. The van der Waals surface area contributed by atoms with Crippen molar-refractivity contribution >= 4 is 29.6 Å². The summed E-state index contributed by atoms with van der Waals surface area (Å²) in [5, 5.41) is 19.9. The van der Waals surface area contributed by atoms with Crippen molar-refractivity contribution in [2.24, 2.45) is 0 Å². The summed E-state index contributed by atoms with van der Waals surface area (Å²) in [4.78, 5) is 41.2. The van der Waals surface area contributed by atoms with Gasteiger partial charge in [-0.3, -0.25) is 9.59 Å². The van der Waals surface area contributed by atoms with Gasteiger partial charge in [-0.25, -0.2) is 4.79 Å². The van der Waals surface area contributed by atoms with E-state index in [9.17, 15) is 19.5 Å². The Kier molecular flexibility index (Phi) is 9.49. The second-order valence-corrected chi connectivity index (χ2v) is 12.9. The van der Waals surface area contributed by atoms with Crippen molar-refractivity contribution in [1.29, 1.82) is 0 Å². The smallest absolute Gasteiger partial charge is 0.315 e. The van der Waals surface area contributed by atoms with Crippen LogP contribution in [0.25, 0.3) is 0 Å². The first-order valence-electron chi connectivity index (χ1n) is 12.9. The molecule has 38 heavy (non-hydrogen) atoms. The van der Waals surface area contributed by atoms with Gasteiger partial charge >= 0.3 is 6.03 Å². The van der Waals surface area contributed by atoms with Gasteiger partial charge in [-0.05, 0) is 64.7 Å². The van der Waals surface area contributed by atoms with Crippen LogP contribution in [0.5, 0.6) is 0 Å². The number of benzene rings is 2. The van der Waals surface area contributed by atoms with E-state index in [0.29, 0.717) is 6.54 Å². The molecule has 3 unspecified atom stereocenters. The predicted molar refractivity (Wildman–Crippen MR) is 152 cm³/mol. The Hall–Kier alpha value is -3.04. The maximum Gasteiger partial charge on any atom is 0.315 e. The van der Waals surface area contributed by atoms with Crippen molar-refractivity contribution in [3.63, 3.8) is 0 Å². The fourth-order valence-corrected chi connectivity index (χ4v) is 5.64. The molecule has 9 heteroatoms. The van der Waals surface area contributed by atoms with Crippen LogP contribution in [0.1, 0.15) is 51.3 Å². The molecule has 0 spiro atoms. The lowest BCUT2D eigenvalue weighted by atomic mass is 9.97. The SMILES string of the molecule is Cc1ccccc1CNC(=O)C1N(C(=O)C(O)C(Cc2ccccc2)NC(=O)NC(C)(C)C)CSC1(C)C. The third-order valence-corrected chi connectivity index (χ3v) is 7.90. The van der Waals surface area contributed by atoms with E-state index in [1.807, 2.05) is 96.1 Å². The summed E-state index contributed by atoms with van der Waals surface area (Å²) in [5.41, 5.74) is 2.44. The molecule has 1 aliphatic rings. The van der Waals surface area contributed by atoms with Crippen LogP contribution in [0.3, 0.4) is 0 Å². The lowest BCUT2D eigenvalue weighted by Crippen LogP contribution is -2.60. The number of urea groups is 1. The molecule has 1 fully saturated rings. The summed E-state index contributed by atoms with van der Waals surface area (Å²) in [7, 11) is 0. The Morgan fingerprint density at radius 3 is 2.34 bits per heavy atom. The first-order valence-corrected chi connectivity index (χ1v) is 13.8. The van der Waals surface area contributed by atoms with Gasteiger partial charge in [0, 0.05) is 16.8 Å². The number of rotatable bonds is 8. The minimum atomic E-state index is -1.54. The van der Waals surface area contributed by atoms with Crippen LogP contribution < -0.4 is 16.0 Å². The number of aryl methyl sites for hydroxylation is 1. The normalized spacial score (nSPS) is 18.4. The third-order valence-electron chi connectivity index (χ3n) is 6.53. The van der Waals surface area contributed by atoms with Gasteiger partial charge < -0.3 is 26.0 Å². The minimum Gasteiger partial charge on any atom is -0.381 e. The molecule has 3 atom stereocenters. The Balaban J connectivity index is 1.79. The quantitative estimate of drug-likeness (QED) is 0.410. The lowest BCUT2D eigenvalue weighted by molar-refractivity contribution is -0.147. The standard InChI is InChI=1S/C29H40N4O4S/c1-19-12-10-11-15-21(19)17-30-25(35)24-29(5,6)38-18-33(24)26(36)23(34)22(16-20-13-8-7-9-14-20)31-27(37)32-28(2,3)4/h7-15,22-24,34H,16-18H2,1-6H3,(H,30,35)(H2,31,32,37). The van der Waals surface area contributed by atoms with Crippen LogP contribution in [0.4, 0.5) is 4.79 Å². The van der Waals surface area contributed by atoms with Crippen molar-refractivity contribution in [3.05, 3.63) is 71.3 Å². The highest BCUT2D eigenvalue weighted by molar-refractivity contribution is 8.00. The van der Waals surface area contributed by atoms with E-state index in [1.54, 1.807) is 0 Å². The minimum absolute atomic E-state index is 0.250. The van der Waals surface area contributed by atoms with Crippen molar-refractivity contribution < 1.29 is 19.5 Å².